The molecule has 1 N–H and O–H groups in total. The van der Waals surface area contributed by atoms with Gasteiger partial charge in [0.25, 0.3) is 5.56 Å². The minimum absolute atomic E-state index is 0.0966. The number of methoxy groups -OCH3 is 1. The van der Waals surface area contributed by atoms with Gasteiger partial charge < -0.3 is 19.5 Å². The Labute approximate surface area is 175 Å². The molecule has 160 valence electrons. The zero-order valence-electron chi connectivity index (χ0n) is 17.5. The van der Waals surface area contributed by atoms with Crippen molar-refractivity contribution in [3.63, 3.8) is 0 Å². The lowest BCUT2D eigenvalue weighted by Crippen LogP contribution is -2.41. The number of hydrogen-bond donors (Lipinski definition) is 1. The highest BCUT2D eigenvalue weighted by Crippen LogP contribution is 2.24. The van der Waals surface area contributed by atoms with Gasteiger partial charge in [0.05, 0.1) is 30.6 Å². The summed E-state index contributed by atoms with van der Waals surface area (Å²) in [4.78, 5) is 42.8. The normalized spacial score (nSPS) is 16.2. The summed E-state index contributed by atoms with van der Waals surface area (Å²) in [6.07, 6.45) is 8.97. The first-order valence-electron chi connectivity index (χ1n) is 10.3. The quantitative estimate of drug-likeness (QED) is 0.701. The van der Waals surface area contributed by atoms with E-state index in [9.17, 15) is 14.4 Å². The molecule has 3 heterocycles. The van der Waals surface area contributed by atoms with Gasteiger partial charge >= 0.3 is 5.97 Å². The molecule has 1 fully saturated rings. The number of esters is 1. The molecule has 0 aliphatic carbocycles. The van der Waals surface area contributed by atoms with E-state index < -0.39 is 5.97 Å². The van der Waals surface area contributed by atoms with Gasteiger partial charge in [-0.3, -0.25) is 19.4 Å². The zero-order chi connectivity index (χ0) is 21.5. The van der Waals surface area contributed by atoms with E-state index in [4.69, 9.17) is 0 Å². The molecule has 2 aromatic rings. The predicted molar refractivity (Wildman–Crippen MR) is 115 cm³/mol. The van der Waals surface area contributed by atoms with Crippen molar-refractivity contribution in [1.29, 1.82) is 0 Å². The number of rotatable bonds is 7. The number of hydrogen-bond acceptors (Lipinski definition) is 6. The number of pyridine rings is 2. The SMILES string of the molecule is CCCc1cncc(N2CCCC(C(=O)Nc3ccc(=O)n(CC(=O)OC)c3)C2)c1. The summed E-state index contributed by atoms with van der Waals surface area (Å²) < 4.78 is 5.83. The predicted octanol–water partition coefficient (Wildman–Crippen LogP) is 2.22. The highest BCUT2D eigenvalue weighted by Gasteiger charge is 2.26. The molecule has 0 aromatic carbocycles. The molecule has 0 spiro atoms. The van der Waals surface area contributed by atoms with Crippen molar-refractivity contribution in [3.05, 3.63) is 52.7 Å². The van der Waals surface area contributed by atoms with Crippen LogP contribution in [-0.2, 0) is 27.3 Å². The van der Waals surface area contributed by atoms with Crippen LogP contribution in [0.2, 0.25) is 0 Å². The van der Waals surface area contributed by atoms with Crippen molar-refractivity contribution in [3.8, 4) is 0 Å². The first kappa shape index (κ1) is 21.5. The molecule has 30 heavy (non-hydrogen) atoms. The fraction of sp³-hybridized carbons (Fsp3) is 0.455. The van der Waals surface area contributed by atoms with E-state index in [0.29, 0.717) is 12.2 Å². The standard InChI is InChI=1S/C22H28N4O4/c1-3-5-16-10-19(12-23-11-16)25-9-4-6-17(13-25)22(29)24-18-7-8-20(27)26(14-18)15-21(28)30-2/h7-8,10-12,14,17H,3-6,9,13,15H2,1-2H3,(H,24,29). The number of carbonyl (C=O) groups is 2. The van der Waals surface area contributed by atoms with Crippen molar-refractivity contribution in [1.82, 2.24) is 9.55 Å². The third-order valence-corrected chi connectivity index (χ3v) is 5.25. The van der Waals surface area contributed by atoms with Crippen LogP contribution >= 0.6 is 0 Å². The third-order valence-electron chi connectivity index (χ3n) is 5.25. The van der Waals surface area contributed by atoms with Gasteiger partial charge in [-0.1, -0.05) is 13.3 Å². The Hall–Kier alpha value is -3.16. The Bertz CT molecular complexity index is 956. The van der Waals surface area contributed by atoms with Crippen molar-refractivity contribution in [2.45, 2.75) is 39.2 Å². The van der Waals surface area contributed by atoms with Crippen LogP contribution in [0.3, 0.4) is 0 Å². The topological polar surface area (TPSA) is 93.5 Å². The van der Waals surface area contributed by atoms with E-state index in [0.717, 1.165) is 37.9 Å². The lowest BCUT2D eigenvalue weighted by molar-refractivity contribution is -0.141. The molecule has 1 unspecified atom stereocenters. The number of aryl methyl sites for hydroxylation is 1. The number of nitrogens with one attached hydrogen (secondary N) is 1. The van der Waals surface area contributed by atoms with Crippen molar-refractivity contribution in [2.75, 3.05) is 30.4 Å². The summed E-state index contributed by atoms with van der Waals surface area (Å²) >= 11 is 0. The van der Waals surface area contributed by atoms with E-state index in [1.165, 1.54) is 29.5 Å². The monoisotopic (exact) mass is 412 g/mol. The second kappa shape index (κ2) is 10.0. The number of aromatic nitrogens is 2. The van der Waals surface area contributed by atoms with Crippen LogP contribution in [0.4, 0.5) is 11.4 Å². The minimum Gasteiger partial charge on any atom is -0.468 e. The lowest BCUT2D eigenvalue weighted by atomic mass is 9.96. The van der Waals surface area contributed by atoms with Crippen LogP contribution in [0.5, 0.6) is 0 Å². The molecule has 8 nitrogen and oxygen atoms in total. The second-order valence-electron chi connectivity index (χ2n) is 7.54. The van der Waals surface area contributed by atoms with Crippen molar-refractivity contribution < 1.29 is 14.3 Å². The Morgan fingerprint density at radius 3 is 2.90 bits per heavy atom. The zero-order valence-corrected chi connectivity index (χ0v) is 17.5. The Kier molecular flexibility index (Phi) is 7.21. The summed E-state index contributed by atoms with van der Waals surface area (Å²) in [5.74, 6) is -0.794. The van der Waals surface area contributed by atoms with E-state index in [2.05, 4.69) is 32.9 Å². The first-order valence-corrected chi connectivity index (χ1v) is 10.3. The smallest absolute Gasteiger partial charge is 0.325 e. The highest BCUT2D eigenvalue weighted by molar-refractivity contribution is 5.93. The van der Waals surface area contributed by atoms with Crippen molar-refractivity contribution in [2.24, 2.45) is 5.92 Å². The molecule has 2 aromatic heterocycles. The first-order chi connectivity index (χ1) is 14.5. The Morgan fingerprint density at radius 1 is 1.30 bits per heavy atom. The number of anilines is 2. The molecule has 0 bridgehead atoms. The van der Waals surface area contributed by atoms with Gasteiger partial charge in [0.15, 0.2) is 0 Å². The highest BCUT2D eigenvalue weighted by atomic mass is 16.5. The van der Waals surface area contributed by atoms with Crippen LogP contribution in [0.1, 0.15) is 31.7 Å². The van der Waals surface area contributed by atoms with Gasteiger partial charge in [-0.05, 0) is 37.0 Å². The van der Waals surface area contributed by atoms with Crippen LogP contribution in [0, 0.1) is 5.92 Å². The number of nitrogens with zero attached hydrogens (tertiary/aromatic N) is 3. The molecule has 3 rings (SSSR count). The van der Waals surface area contributed by atoms with Gasteiger partial charge in [-0.25, -0.2) is 0 Å². The van der Waals surface area contributed by atoms with Gasteiger partial charge in [0.1, 0.15) is 6.54 Å². The summed E-state index contributed by atoms with van der Waals surface area (Å²) in [7, 11) is 1.27. The summed E-state index contributed by atoms with van der Waals surface area (Å²) in [6.45, 7) is 3.45. The second-order valence-corrected chi connectivity index (χ2v) is 7.54. The van der Waals surface area contributed by atoms with Gasteiger partial charge in [-0.2, -0.15) is 0 Å². The molecule has 0 radical (unpaired) electrons. The fourth-order valence-corrected chi connectivity index (χ4v) is 3.67. The number of amides is 1. The fourth-order valence-electron chi connectivity index (χ4n) is 3.67. The van der Waals surface area contributed by atoms with Crippen LogP contribution in [0.15, 0.2) is 41.6 Å². The molecular formula is C22H28N4O4. The summed E-state index contributed by atoms with van der Waals surface area (Å²) in [5.41, 5.74) is 2.40. The average molecular weight is 412 g/mol. The van der Waals surface area contributed by atoms with E-state index >= 15 is 0 Å². The van der Waals surface area contributed by atoms with Crippen molar-refractivity contribution >= 4 is 23.3 Å². The number of ether oxygens (including phenoxy) is 1. The molecule has 1 amide bonds. The molecule has 0 saturated carbocycles. The summed E-state index contributed by atoms with van der Waals surface area (Å²) in [6, 6.07) is 5.03. The summed E-state index contributed by atoms with van der Waals surface area (Å²) in [5, 5.41) is 2.88. The van der Waals surface area contributed by atoms with Gasteiger partial charge in [-0.15, -0.1) is 0 Å². The Balaban J connectivity index is 1.67. The van der Waals surface area contributed by atoms with E-state index in [1.807, 2.05) is 12.4 Å². The number of carbonyl (C=O) groups excluding carboxylic acids is 2. The van der Waals surface area contributed by atoms with E-state index in [1.54, 1.807) is 6.07 Å². The molecular weight excluding hydrogens is 384 g/mol. The molecule has 1 atom stereocenters. The van der Waals surface area contributed by atoms with Crippen LogP contribution in [0.25, 0.3) is 0 Å². The van der Waals surface area contributed by atoms with E-state index in [-0.39, 0.29) is 23.9 Å². The minimum atomic E-state index is -0.526. The van der Waals surface area contributed by atoms with Gasteiger partial charge in [0.2, 0.25) is 5.91 Å². The molecule has 1 aliphatic rings. The third kappa shape index (κ3) is 5.46. The maximum atomic E-state index is 12.9. The number of piperidine rings is 1. The average Bonchev–Trinajstić information content (AvgIpc) is 2.76. The largest absolute Gasteiger partial charge is 0.468 e. The molecule has 1 saturated heterocycles. The van der Waals surface area contributed by atoms with Crippen LogP contribution < -0.4 is 15.8 Å². The Morgan fingerprint density at radius 2 is 2.13 bits per heavy atom. The van der Waals surface area contributed by atoms with Gasteiger partial charge in [0, 0.05) is 31.5 Å². The molecule has 8 heteroatoms. The maximum absolute atomic E-state index is 12.9. The van der Waals surface area contributed by atoms with Crippen LogP contribution in [-0.4, -0.2) is 41.6 Å². The molecule has 1 aliphatic heterocycles. The maximum Gasteiger partial charge on any atom is 0.325 e. The lowest BCUT2D eigenvalue weighted by Gasteiger charge is -2.33.